The Hall–Kier alpha value is -0.930. The van der Waals surface area contributed by atoms with Crippen molar-refractivity contribution in [1.29, 1.82) is 0 Å². The normalized spacial score (nSPS) is 16.1. The third kappa shape index (κ3) is 4.52. The average molecular weight is 356 g/mol. The Morgan fingerprint density at radius 1 is 1.48 bits per heavy atom. The molecule has 10 heteroatoms. The van der Waals surface area contributed by atoms with E-state index in [1.165, 1.54) is 6.07 Å². The van der Waals surface area contributed by atoms with Gasteiger partial charge >= 0.3 is 0 Å². The molecule has 0 bridgehead atoms. The molecule has 0 saturated heterocycles. The second-order valence-corrected chi connectivity index (χ2v) is 6.89. The summed E-state index contributed by atoms with van der Waals surface area (Å²) in [5.74, 6) is 0.331. The lowest BCUT2D eigenvalue weighted by Crippen LogP contribution is -2.38. The maximum Gasteiger partial charge on any atom is 0.290 e. The second-order valence-electron chi connectivity index (χ2n) is 4.72. The molecule has 1 unspecified atom stereocenters. The summed E-state index contributed by atoms with van der Waals surface area (Å²) in [4.78, 5) is 9.72. The Kier molecular flexibility index (Phi) is 5.94. The number of nitrogens with zero attached hydrogens (tertiary/aromatic N) is 1. The van der Waals surface area contributed by atoms with Gasteiger partial charge in [-0.15, -0.1) is 12.4 Å². The van der Waals surface area contributed by atoms with Gasteiger partial charge in [0.1, 0.15) is 0 Å². The molecule has 0 radical (unpaired) electrons. The molecule has 0 spiro atoms. The van der Waals surface area contributed by atoms with Gasteiger partial charge in [-0.2, -0.15) is 0 Å². The second kappa shape index (κ2) is 6.89. The molecule has 21 heavy (non-hydrogen) atoms. The zero-order chi connectivity index (χ0) is 14.9. The molecule has 0 amide bonds. The predicted molar refractivity (Wildman–Crippen MR) is 81.2 cm³/mol. The Bertz CT molecular complexity index is 634. The maximum absolute atomic E-state index is 12.1. The van der Waals surface area contributed by atoms with E-state index in [9.17, 15) is 18.5 Å². The van der Waals surface area contributed by atoms with Crippen molar-refractivity contribution in [2.24, 2.45) is 11.7 Å². The number of sulfonamides is 1. The SMILES string of the molecule is Cl.NC(CNS(=O)(=O)c1ccc(Cl)cc1[N+](=O)[O-])C1CC1. The summed E-state index contributed by atoms with van der Waals surface area (Å²) in [7, 11) is -3.98. The van der Waals surface area contributed by atoms with E-state index in [0.717, 1.165) is 25.0 Å². The summed E-state index contributed by atoms with van der Waals surface area (Å²) < 4.78 is 26.5. The van der Waals surface area contributed by atoms with Crippen LogP contribution in [-0.4, -0.2) is 25.9 Å². The summed E-state index contributed by atoms with van der Waals surface area (Å²) in [5.41, 5.74) is 5.25. The smallest absolute Gasteiger partial charge is 0.290 e. The Morgan fingerprint density at radius 3 is 2.62 bits per heavy atom. The first-order valence-corrected chi connectivity index (χ1v) is 7.86. The zero-order valence-corrected chi connectivity index (χ0v) is 13.2. The van der Waals surface area contributed by atoms with Crippen molar-refractivity contribution in [3.63, 3.8) is 0 Å². The van der Waals surface area contributed by atoms with Gasteiger partial charge in [0, 0.05) is 23.7 Å². The number of rotatable bonds is 6. The Balaban J connectivity index is 0.00000220. The molecule has 7 nitrogen and oxygen atoms in total. The molecule has 1 fully saturated rings. The van der Waals surface area contributed by atoms with E-state index in [2.05, 4.69) is 4.72 Å². The molecule has 2 rings (SSSR count). The fourth-order valence-electron chi connectivity index (χ4n) is 1.84. The summed E-state index contributed by atoms with van der Waals surface area (Å²) >= 11 is 5.65. The summed E-state index contributed by atoms with van der Waals surface area (Å²) in [6.07, 6.45) is 1.98. The van der Waals surface area contributed by atoms with Crippen LogP contribution in [-0.2, 0) is 10.0 Å². The van der Waals surface area contributed by atoms with Gasteiger partial charge in [0.25, 0.3) is 5.69 Å². The van der Waals surface area contributed by atoms with Crippen LogP contribution in [0, 0.1) is 16.0 Å². The van der Waals surface area contributed by atoms with Crippen LogP contribution in [0.5, 0.6) is 0 Å². The molecule has 0 aliphatic heterocycles. The molecule has 3 N–H and O–H groups in total. The number of benzene rings is 1. The van der Waals surface area contributed by atoms with Crippen LogP contribution in [0.25, 0.3) is 0 Å². The van der Waals surface area contributed by atoms with Crippen molar-refractivity contribution in [3.8, 4) is 0 Å². The van der Waals surface area contributed by atoms with E-state index in [-0.39, 0.29) is 30.0 Å². The molecule has 1 atom stereocenters. The van der Waals surface area contributed by atoms with E-state index in [4.69, 9.17) is 17.3 Å². The molecule has 0 heterocycles. The van der Waals surface area contributed by atoms with Crippen LogP contribution in [0.4, 0.5) is 5.69 Å². The predicted octanol–water partition coefficient (Wildman–Crippen LogP) is 1.69. The highest BCUT2D eigenvalue weighted by atomic mass is 35.5. The standard InChI is InChI=1S/C11H14ClN3O4S.ClH/c12-8-3-4-11(10(5-8)15(16)17)20(18,19)14-6-9(13)7-1-2-7;/h3-5,7,9,14H,1-2,6,13H2;1H. The van der Waals surface area contributed by atoms with E-state index in [1.807, 2.05) is 0 Å². The zero-order valence-electron chi connectivity index (χ0n) is 10.9. The number of nitrogens with one attached hydrogen (secondary N) is 1. The third-order valence-electron chi connectivity index (χ3n) is 3.14. The minimum atomic E-state index is -3.98. The van der Waals surface area contributed by atoms with Gasteiger partial charge in [-0.25, -0.2) is 13.1 Å². The summed E-state index contributed by atoms with van der Waals surface area (Å²) in [6, 6.07) is 3.16. The van der Waals surface area contributed by atoms with Crippen LogP contribution >= 0.6 is 24.0 Å². The highest BCUT2D eigenvalue weighted by Gasteiger charge is 2.31. The van der Waals surface area contributed by atoms with Gasteiger partial charge in [-0.1, -0.05) is 11.6 Å². The summed E-state index contributed by atoms with van der Waals surface area (Å²) in [6.45, 7) is 0.0623. The lowest BCUT2D eigenvalue weighted by Gasteiger charge is -2.12. The number of hydrogen-bond donors (Lipinski definition) is 2. The van der Waals surface area contributed by atoms with Gasteiger partial charge < -0.3 is 5.73 Å². The molecule has 0 aromatic heterocycles. The fourth-order valence-corrected chi connectivity index (χ4v) is 3.22. The van der Waals surface area contributed by atoms with E-state index in [0.29, 0.717) is 5.92 Å². The lowest BCUT2D eigenvalue weighted by atomic mass is 10.2. The van der Waals surface area contributed by atoms with Crippen LogP contribution < -0.4 is 10.5 Å². The molecule has 1 aliphatic rings. The first kappa shape index (κ1) is 18.1. The number of hydrogen-bond acceptors (Lipinski definition) is 5. The van der Waals surface area contributed by atoms with Crippen molar-refractivity contribution in [2.75, 3.05) is 6.54 Å². The highest BCUT2D eigenvalue weighted by Crippen LogP contribution is 2.31. The molecule has 1 saturated carbocycles. The molecule has 1 aromatic carbocycles. The fraction of sp³-hybridized carbons (Fsp3) is 0.455. The monoisotopic (exact) mass is 355 g/mol. The summed E-state index contributed by atoms with van der Waals surface area (Å²) in [5, 5.41) is 11.0. The maximum atomic E-state index is 12.1. The van der Waals surface area contributed by atoms with Gasteiger partial charge in [0.15, 0.2) is 4.90 Å². The Labute approximate surface area is 133 Å². The largest absolute Gasteiger partial charge is 0.326 e. The van der Waals surface area contributed by atoms with Crippen molar-refractivity contribution >= 4 is 39.7 Å². The van der Waals surface area contributed by atoms with Crippen molar-refractivity contribution < 1.29 is 13.3 Å². The number of nitro benzene ring substituents is 1. The van der Waals surface area contributed by atoms with Crippen molar-refractivity contribution in [3.05, 3.63) is 33.3 Å². The topological polar surface area (TPSA) is 115 Å². The minimum absolute atomic E-state index is 0. The van der Waals surface area contributed by atoms with Gasteiger partial charge in [-0.05, 0) is 30.9 Å². The Morgan fingerprint density at radius 2 is 2.10 bits per heavy atom. The van der Waals surface area contributed by atoms with Crippen LogP contribution in [0.3, 0.4) is 0 Å². The number of halogens is 2. The quantitative estimate of drug-likeness (QED) is 0.594. The van der Waals surface area contributed by atoms with E-state index < -0.39 is 25.5 Å². The first-order chi connectivity index (χ1) is 9.31. The molecular weight excluding hydrogens is 341 g/mol. The number of nitrogens with two attached hydrogens (primary N) is 1. The van der Waals surface area contributed by atoms with E-state index in [1.54, 1.807) is 0 Å². The molecule has 118 valence electrons. The van der Waals surface area contributed by atoms with Gasteiger partial charge in [0.2, 0.25) is 10.0 Å². The van der Waals surface area contributed by atoms with Crippen LogP contribution in [0.2, 0.25) is 5.02 Å². The van der Waals surface area contributed by atoms with Gasteiger partial charge in [0.05, 0.1) is 4.92 Å². The lowest BCUT2D eigenvalue weighted by molar-refractivity contribution is -0.387. The van der Waals surface area contributed by atoms with E-state index >= 15 is 0 Å². The molecule has 1 aliphatic carbocycles. The minimum Gasteiger partial charge on any atom is -0.326 e. The first-order valence-electron chi connectivity index (χ1n) is 6.00. The van der Waals surface area contributed by atoms with Crippen molar-refractivity contribution in [2.45, 2.75) is 23.8 Å². The third-order valence-corrected chi connectivity index (χ3v) is 4.85. The molecule has 1 aromatic rings. The van der Waals surface area contributed by atoms with Crippen molar-refractivity contribution in [1.82, 2.24) is 4.72 Å². The van der Waals surface area contributed by atoms with Crippen LogP contribution in [0.1, 0.15) is 12.8 Å². The number of nitro groups is 1. The highest BCUT2D eigenvalue weighted by molar-refractivity contribution is 7.89. The van der Waals surface area contributed by atoms with Gasteiger partial charge in [-0.3, -0.25) is 10.1 Å². The average Bonchev–Trinajstić information content (AvgIpc) is 3.19. The molecular formula is C11H15Cl2N3O4S. The van der Waals surface area contributed by atoms with Crippen LogP contribution in [0.15, 0.2) is 23.1 Å².